The first-order valence-electron chi connectivity index (χ1n) is 7.78. The summed E-state index contributed by atoms with van der Waals surface area (Å²) in [7, 11) is 0. The van der Waals surface area contributed by atoms with Crippen molar-refractivity contribution < 1.29 is 4.79 Å². The van der Waals surface area contributed by atoms with Crippen LogP contribution in [0.1, 0.15) is 44.6 Å². The molecule has 0 aromatic heterocycles. The molecule has 3 nitrogen and oxygen atoms in total. The van der Waals surface area contributed by atoms with Gasteiger partial charge in [0.1, 0.15) is 0 Å². The van der Waals surface area contributed by atoms with Crippen molar-refractivity contribution in [2.24, 2.45) is 5.92 Å². The highest BCUT2D eigenvalue weighted by Crippen LogP contribution is 2.22. The van der Waals surface area contributed by atoms with E-state index in [0.717, 1.165) is 11.5 Å². The lowest BCUT2D eigenvalue weighted by molar-refractivity contribution is -0.120. The summed E-state index contributed by atoms with van der Waals surface area (Å²) < 4.78 is 0. The van der Waals surface area contributed by atoms with E-state index in [4.69, 9.17) is 0 Å². The average molecular weight is 274 g/mol. The third-order valence-electron chi connectivity index (χ3n) is 4.14. The minimum Gasteiger partial charge on any atom is -0.351 e. The van der Waals surface area contributed by atoms with Crippen LogP contribution in [0.3, 0.4) is 0 Å². The van der Waals surface area contributed by atoms with Gasteiger partial charge in [0.2, 0.25) is 5.91 Å². The van der Waals surface area contributed by atoms with Crippen molar-refractivity contribution in [3.63, 3.8) is 0 Å². The number of carbonyl (C=O) groups excluding carboxylic acids is 1. The Balaban J connectivity index is 1.64. The van der Waals surface area contributed by atoms with Crippen molar-refractivity contribution in [3.05, 3.63) is 35.9 Å². The first-order valence-corrected chi connectivity index (χ1v) is 7.78. The molecule has 110 valence electrons. The van der Waals surface area contributed by atoms with Gasteiger partial charge in [0.05, 0.1) is 6.54 Å². The van der Waals surface area contributed by atoms with Crippen LogP contribution in [0.15, 0.2) is 30.3 Å². The predicted octanol–water partition coefficient (Wildman–Crippen LogP) is 2.86. The number of rotatable bonds is 5. The molecule has 2 N–H and O–H groups in total. The summed E-state index contributed by atoms with van der Waals surface area (Å²) in [6, 6.07) is 10.5. The van der Waals surface area contributed by atoms with Gasteiger partial charge in [0, 0.05) is 12.6 Å². The number of hydrogen-bond donors (Lipinski definition) is 2. The van der Waals surface area contributed by atoms with Gasteiger partial charge in [-0.1, -0.05) is 50.1 Å². The maximum Gasteiger partial charge on any atom is 0.234 e. The zero-order chi connectivity index (χ0) is 14.2. The van der Waals surface area contributed by atoms with Gasteiger partial charge in [0.15, 0.2) is 0 Å². The summed E-state index contributed by atoms with van der Waals surface area (Å²) in [4.78, 5) is 11.8. The molecule has 0 spiro atoms. The molecule has 3 heteroatoms. The lowest BCUT2D eigenvalue weighted by atomic mass is 10.0. The Hall–Kier alpha value is -1.35. The Morgan fingerprint density at radius 2 is 1.95 bits per heavy atom. The Bertz CT molecular complexity index is 405. The molecule has 0 bridgehead atoms. The Labute approximate surface area is 122 Å². The van der Waals surface area contributed by atoms with Crippen LogP contribution in [-0.4, -0.2) is 18.5 Å². The molecule has 0 radical (unpaired) electrons. The van der Waals surface area contributed by atoms with Crippen molar-refractivity contribution in [2.45, 2.75) is 51.6 Å². The molecular formula is C17H26N2O. The first kappa shape index (κ1) is 15.0. The highest BCUT2D eigenvalue weighted by atomic mass is 16.1. The summed E-state index contributed by atoms with van der Waals surface area (Å²) in [6.07, 6.45) is 6.30. The molecule has 20 heavy (non-hydrogen) atoms. The standard InChI is InChI=1S/C17H26N2O/c1-14-6-5-9-16(11-10-14)18-13-17(20)19-12-15-7-3-2-4-8-15/h2-4,7-8,14,16,18H,5-6,9-13H2,1H3,(H,19,20). The van der Waals surface area contributed by atoms with Crippen molar-refractivity contribution in [2.75, 3.05) is 6.54 Å². The van der Waals surface area contributed by atoms with Gasteiger partial charge in [-0.2, -0.15) is 0 Å². The lowest BCUT2D eigenvalue weighted by Gasteiger charge is -2.16. The van der Waals surface area contributed by atoms with Gasteiger partial charge in [-0.05, 0) is 30.7 Å². The fraction of sp³-hybridized carbons (Fsp3) is 0.588. The molecule has 1 saturated carbocycles. The smallest absolute Gasteiger partial charge is 0.234 e. The van der Waals surface area contributed by atoms with Gasteiger partial charge in [0.25, 0.3) is 0 Å². The molecule has 2 unspecified atom stereocenters. The van der Waals surface area contributed by atoms with Crippen molar-refractivity contribution in [1.82, 2.24) is 10.6 Å². The second-order valence-corrected chi connectivity index (χ2v) is 5.95. The summed E-state index contributed by atoms with van der Waals surface area (Å²) in [5.74, 6) is 0.930. The zero-order valence-electron chi connectivity index (χ0n) is 12.4. The first-order chi connectivity index (χ1) is 9.74. The number of hydrogen-bond acceptors (Lipinski definition) is 2. The SMILES string of the molecule is CC1CCCC(NCC(=O)NCc2ccccc2)CC1. The van der Waals surface area contributed by atoms with E-state index >= 15 is 0 Å². The minimum absolute atomic E-state index is 0.0890. The van der Waals surface area contributed by atoms with E-state index in [2.05, 4.69) is 17.6 Å². The normalized spacial score (nSPS) is 23.1. The van der Waals surface area contributed by atoms with Crippen molar-refractivity contribution in [3.8, 4) is 0 Å². The summed E-state index contributed by atoms with van der Waals surface area (Å²) in [5, 5.41) is 6.37. The molecule has 1 aromatic rings. The van der Waals surface area contributed by atoms with Crippen molar-refractivity contribution in [1.29, 1.82) is 0 Å². The van der Waals surface area contributed by atoms with E-state index in [1.807, 2.05) is 30.3 Å². The predicted molar refractivity (Wildman–Crippen MR) is 82.3 cm³/mol. The quantitative estimate of drug-likeness (QED) is 0.811. The van der Waals surface area contributed by atoms with Crippen LogP contribution in [0.2, 0.25) is 0 Å². The number of carbonyl (C=O) groups is 1. The highest BCUT2D eigenvalue weighted by molar-refractivity contribution is 5.78. The van der Waals surface area contributed by atoms with Crippen LogP contribution in [0.4, 0.5) is 0 Å². The van der Waals surface area contributed by atoms with E-state index in [1.165, 1.54) is 32.1 Å². The second kappa shape index (κ2) is 8.05. The zero-order valence-corrected chi connectivity index (χ0v) is 12.4. The molecule has 2 atom stereocenters. The molecule has 1 aromatic carbocycles. The van der Waals surface area contributed by atoms with Crippen LogP contribution < -0.4 is 10.6 Å². The molecule has 2 rings (SSSR count). The van der Waals surface area contributed by atoms with Crippen LogP contribution in [0.25, 0.3) is 0 Å². The largest absolute Gasteiger partial charge is 0.351 e. The third-order valence-corrected chi connectivity index (χ3v) is 4.14. The average Bonchev–Trinajstić information content (AvgIpc) is 2.68. The molecule has 0 saturated heterocycles. The number of nitrogens with one attached hydrogen (secondary N) is 2. The van der Waals surface area contributed by atoms with Gasteiger partial charge in [-0.25, -0.2) is 0 Å². The number of benzene rings is 1. The van der Waals surface area contributed by atoms with Crippen LogP contribution in [0.5, 0.6) is 0 Å². The Kier molecular flexibility index (Phi) is 6.06. The fourth-order valence-electron chi connectivity index (χ4n) is 2.79. The monoisotopic (exact) mass is 274 g/mol. The summed E-state index contributed by atoms with van der Waals surface area (Å²) in [6.45, 7) is 3.38. The topological polar surface area (TPSA) is 41.1 Å². The summed E-state index contributed by atoms with van der Waals surface area (Å²) in [5.41, 5.74) is 1.14. The Morgan fingerprint density at radius 3 is 2.75 bits per heavy atom. The van der Waals surface area contributed by atoms with Crippen molar-refractivity contribution >= 4 is 5.91 Å². The molecule has 1 aliphatic carbocycles. The lowest BCUT2D eigenvalue weighted by Crippen LogP contribution is -2.38. The highest BCUT2D eigenvalue weighted by Gasteiger charge is 2.16. The fourth-order valence-corrected chi connectivity index (χ4v) is 2.79. The molecule has 0 aliphatic heterocycles. The van der Waals surface area contributed by atoms with E-state index in [9.17, 15) is 4.79 Å². The van der Waals surface area contributed by atoms with E-state index in [1.54, 1.807) is 0 Å². The second-order valence-electron chi connectivity index (χ2n) is 5.95. The van der Waals surface area contributed by atoms with Gasteiger partial charge < -0.3 is 10.6 Å². The third kappa shape index (κ3) is 5.33. The number of amides is 1. The van der Waals surface area contributed by atoms with Crippen LogP contribution in [0, 0.1) is 5.92 Å². The Morgan fingerprint density at radius 1 is 1.15 bits per heavy atom. The molecule has 1 fully saturated rings. The summed E-state index contributed by atoms with van der Waals surface area (Å²) >= 11 is 0. The molecular weight excluding hydrogens is 248 g/mol. The van der Waals surface area contributed by atoms with E-state index in [-0.39, 0.29) is 5.91 Å². The van der Waals surface area contributed by atoms with Gasteiger partial charge >= 0.3 is 0 Å². The molecule has 1 amide bonds. The maximum atomic E-state index is 11.8. The van der Waals surface area contributed by atoms with Gasteiger partial charge in [-0.15, -0.1) is 0 Å². The van der Waals surface area contributed by atoms with Crippen LogP contribution in [-0.2, 0) is 11.3 Å². The van der Waals surface area contributed by atoms with E-state index in [0.29, 0.717) is 19.1 Å². The maximum absolute atomic E-state index is 11.8. The van der Waals surface area contributed by atoms with E-state index < -0.39 is 0 Å². The molecule has 1 aliphatic rings. The molecule has 0 heterocycles. The van der Waals surface area contributed by atoms with Crippen LogP contribution >= 0.6 is 0 Å². The minimum atomic E-state index is 0.0890. The van der Waals surface area contributed by atoms with Gasteiger partial charge in [-0.3, -0.25) is 4.79 Å².